The molecule has 2 heterocycles. The summed E-state index contributed by atoms with van der Waals surface area (Å²) in [5.74, 6) is -0.593. The first-order chi connectivity index (χ1) is 13.1. The van der Waals surface area contributed by atoms with Crippen molar-refractivity contribution in [2.45, 2.75) is 33.6 Å². The normalized spacial score (nSPS) is 18.8. The molecule has 1 aromatic carbocycles. The van der Waals surface area contributed by atoms with Crippen LogP contribution >= 0.6 is 11.9 Å². The standard InChI is InChI=1S/C19H22N4O3S2/c1-11(2)10-28(25,26)19-22-27-18-21-17(24)15(16(20)23(18)19)9-13-5-7-14(8-6-13)12(3)4/h5-9,11-12,20H,10H2,1-4H3/b15-9-,20-16?. The molecule has 148 valence electrons. The Bertz CT molecular complexity index is 1020. The first kappa shape index (κ1) is 20.5. The molecule has 0 saturated heterocycles. The second kappa shape index (κ2) is 7.63. The lowest BCUT2D eigenvalue weighted by Gasteiger charge is -2.24. The van der Waals surface area contributed by atoms with Crippen LogP contribution in [0.1, 0.15) is 44.7 Å². The number of sulfone groups is 1. The molecule has 3 rings (SSSR count). The maximum Gasteiger partial charge on any atom is 0.283 e. The summed E-state index contributed by atoms with van der Waals surface area (Å²) in [5.41, 5.74) is 1.94. The van der Waals surface area contributed by atoms with Crippen LogP contribution in [0, 0.1) is 11.3 Å². The largest absolute Gasteiger partial charge is 0.283 e. The van der Waals surface area contributed by atoms with Crippen LogP contribution in [0.5, 0.6) is 0 Å². The maximum absolute atomic E-state index is 12.6. The lowest BCUT2D eigenvalue weighted by molar-refractivity contribution is -0.114. The average molecular weight is 419 g/mol. The van der Waals surface area contributed by atoms with E-state index in [2.05, 4.69) is 23.2 Å². The van der Waals surface area contributed by atoms with Crippen LogP contribution in [0.3, 0.4) is 0 Å². The molecule has 0 atom stereocenters. The minimum atomic E-state index is -3.70. The van der Waals surface area contributed by atoms with Crippen LogP contribution < -0.4 is 0 Å². The highest BCUT2D eigenvalue weighted by molar-refractivity contribution is 8.16. The number of fused-ring (bicyclic) bond motifs is 1. The highest BCUT2D eigenvalue weighted by Gasteiger charge is 2.42. The van der Waals surface area contributed by atoms with Gasteiger partial charge in [0.15, 0.2) is 0 Å². The fourth-order valence-electron chi connectivity index (χ4n) is 2.86. The number of amidine groups is 3. The molecule has 0 aromatic heterocycles. The lowest BCUT2D eigenvalue weighted by Crippen LogP contribution is -2.46. The van der Waals surface area contributed by atoms with Crippen LogP contribution in [0.4, 0.5) is 0 Å². The first-order valence-corrected chi connectivity index (χ1v) is 11.3. The number of carbonyl (C=O) groups excluding carboxylic acids is 1. The molecule has 1 N–H and O–H groups in total. The van der Waals surface area contributed by atoms with Crippen LogP contribution in [0.15, 0.2) is 39.2 Å². The Balaban J connectivity index is 1.96. The molecule has 0 aliphatic carbocycles. The molecular weight excluding hydrogens is 396 g/mol. The Morgan fingerprint density at radius 2 is 1.82 bits per heavy atom. The van der Waals surface area contributed by atoms with Crippen LogP contribution in [0.2, 0.25) is 0 Å². The Morgan fingerprint density at radius 1 is 1.18 bits per heavy atom. The molecular formula is C19H22N4O3S2. The van der Waals surface area contributed by atoms with Crippen LogP contribution in [0.25, 0.3) is 6.08 Å². The van der Waals surface area contributed by atoms with Crippen LogP contribution in [-0.2, 0) is 14.6 Å². The Morgan fingerprint density at radius 3 is 2.39 bits per heavy atom. The number of nitrogens with zero attached hydrogens (tertiary/aromatic N) is 3. The fraction of sp³-hybridized carbons (Fsp3) is 0.368. The van der Waals surface area contributed by atoms with Gasteiger partial charge in [0.25, 0.3) is 5.91 Å². The third kappa shape index (κ3) is 3.95. The van der Waals surface area contributed by atoms with Crippen molar-refractivity contribution in [3.05, 3.63) is 41.0 Å². The summed E-state index contributed by atoms with van der Waals surface area (Å²) >= 11 is 0.805. The molecule has 1 aromatic rings. The molecule has 9 heteroatoms. The highest BCUT2D eigenvalue weighted by Crippen LogP contribution is 2.30. The van der Waals surface area contributed by atoms with Gasteiger partial charge in [0.05, 0.1) is 23.3 Å². The quantitative estimate of drug-likeness (QED) is 0.596. The molecule has 0 saturated carbocycles. The van der Waals surface area contributed by atoms with Gasteiger partial charge in [-0.3, -0.25) is 10.2 Å². The van der Waals surface area contributed by atoms with E-state index in [0.29, 0.717) is 5.92 Å². The van der Waals surface area contributed by atoms with Gasteiger partial charge in [0.2, 0.25) is 20.2 Å². The summed E-state index contributed by atoms with van der Waals surface area (Å²) < 4.78 is 29.3. The summed E-state index contributed by atoms with van der Waals surface area (Å²) in [5, 5.41) is 8.32. The number of hydrogen-bond donors (Lipinski definition) is 1. The number of aliphatic imine (C=N–C) groups is 1. The van der Waals surface area contributed by atoms with Crippen molar-refractivity contribution < 1.29 is 13.2 Å². The summed E-state index contributed by atoms with van der Waals surface area (Å²) in [6.07, 6.45) is 1.56. The number of rotatable bonds is 4. The predicted octanol–water partition coefficient (Wildman–Crippen LogP) is 3.46. The van der Waals surface area contributed by atoms with Gasteiger partial charge in [-0.1, -0.05) is 52.0 Å². The van der Waals surface area contributed by atoms with Crippen LogP contribution in [-0.4, -0.2) is 41.1 Å². The van der Waals surface area contributed by atoms with Crippen molar-refractivity contribution in [3.63, 3.8) is 0 Å². The third-order valence-electron chi connectivity index (χ3n) is 4.24. The smallest absolute Gasteiger partial charge is 0.283 e. The predicted molar refractivity (Wildman–Crippen MR) is 114 cm³/mol. The number of benzene rings is 1. The van der Waals surface area contributed by atoms with Gasteiger partial charge >= 0.3 is 0 Å². The minimum Gasteiger partial charge on any atom is -0.283 e. The Kier molecular flexibility index (Phi) is 5.58. The topological polar surface area (TPSA) is 103 Å². The van der Waals surface area contributed by atoms with Crippen molar-refractivity contribution in [2.75, 3.05) is 5.75 Å². The molecule has 28 heavy (non-hydrogen) atoms. The van der Waals surface area contributed by atoms with Gasteiger partial charge in [0.1, 0.15) is 5.84 Å². The van der Waals surface area contributed by atoms with E-state index >= 15 is 0 Å². The molecule has 0 bridgehead atoms. The number of nitrogens with one attached hydrogen (secondary N) is 1. The zero-order chi connectivity index (χ0) is 20.6. The molecule has 2 aliphatic heterocycles. The molecule has 2 aliphatic rings. The highest BCUT2D eigenvalue weighted by atomic mass is 32.2. The van der Waals surface area contributed by atoms with E-state index in [1.165, 1.54) is 0 Å². The van der Waals surface area contributed by atoms with Gasteiger partial charge < -0.3 is 0 Å². The van der Waals surface area contributed by atoms with E-state index in [1.54, 1.807) is 19.9 Å². The number of amides is 1. The van der Waals surface area contributed by atoms with Gasteiger partial charge in [-0.25, -0.2) is 13.3 Å². The summed E-state index contributed by atoms with van der Waals surface area (Å²) in [6, 6.07) is 7.67. The van der Waals surface area contributed by atoms with E-state index in [9.17, 15) is 13.2 Å². The van der Waals surface area contributed by atoms with Gasteiger partial charge in [0, 0.05) is 0 Å². The molecule has 7 nitrogen and oxygen atoms in total. The maximum atomic E-state index is 12.6. The Labute approximate surface area is 169 Å². The van der Waals surface area contributed by atoms with Gasteiger partial charge in [-0.05, 0) is 29.0 Å². The minimum absolute atomic E-state index is 0.0380. The van der Waals surface area contributed by atoms with E-state index in [1.807, 2.05) is 24.3 Å². The molecule has 0 radical (unpaired) electrons. The van der Waals surface area contributed by atoms with Crippen molar-refractivity contribution in [1.82, 2.24) is 4.90 Å². The van der Waals surface area contributed by atoms with Crippen molar-refractivity contribution >= 4 is 49.9 Å². The first-order valence-electron chi connectivity index (χ1n) is 8.91. The second-order valence-electron chi connectivity index (χ2n) is 7.40. The van der Waals surface area contributed by atoms with Gasteiger partial charge in [-0.15, -0.1) is 0 Å². The summed E-state index contributed by atoms with van der Waals surface area (Å²) in [7, 11) is -3.70. The number of hydrogen-bond acceptors (Lipinski definition) is 6. The molecule has 1 amide bonds. The summed E-state index contributed by atoms with van der Waals surface area (Å²) in [6.45, 7) is 7.78. The molecule has 0 unspecified atom stereocenters. The van der Waals surface area contributed by atoms with E-state index in [-0.39, 0.29) is 33.4 Å². The van der Waals surface area contributed by atoms with Gasteiger partial charge in [-0.2, -0.15) is 9.39 Å². The Hall–Kier alpha value is -2.26. The zero-order valence-corrected chi connectivity index (χ0v) is 17.8. The van der Waals surface area contributed by atoms with Crippen molar-refractivity contribution in [1.29, 1.82) is 5.41 Å². The molecule has 0 spiro atoms. The van der Waals surface area contributed by atoms with E-state index < -0.39 is 15.7 Å². The average Bonchev–Trinajstić information content (AvgIpc) is 3.02. The zero-order valence-electron chi connectivity index (χ0n) is 16.1. The van der Waals surface area contributed by atoms with Crippen molar-refractivity contribution in [3.8, 4) is 0 Å². The second-order valence-corrected chi connectivity index (χ2v) is 10.1. The third-order valence-corrected chi connectivity index (χ3v) is 6.99. The SMILES string of the molecule is CC(C)CS(=O)(=O)C1=NSC2=NC(=O)/C(=C\c3ccc(C(C)C)cc3)C(=N)N21. The number of carbonyl (C=O) groups is 1. The monoisotopic (exact) mass is 418 g/mol. The van der Waals surface area contributed by atoms with E-state index in [0.717, 1.165) is 28.0 Å². The lowest BCUT2D eigenvalue weighted by atomic mass is 10.0. The molecule has 0 fully saturated rings. The summed E-state index contributed by atoms with van der Waals surface area (Å²) in [4.78, 5) is 17.5. The van der Waals surface area contributed by atoms with Crippen molar-refractivity contribution in [2.24, 2.45) is 15.3 Å². The fourth-order valence-corrected chi connectivity index (χ4v) is 5.59. The van der Waals surface area contributed by atoms with E-state index in [4.69, 9.17) is 5.41 Å².